The van der Waals surface area contributed by atoms with Crippen LogP contribution in [0.4, 0.5) is 5.00 Å². The molecule has 3 unspecified atom stereocenters. The Morgan fingerprint density at radius 3 is 2.48 bits per heavy atom. The molecule has 4 rings (SSSR count). The van der Waals surface area contributed by atoms with E-state index in [1.54, 1.807) is 62.5 Å². The Labute approximate surface area is 349 Å². The smallest absolute Gasteiger partial charge is 0.461 e. The van der Waals surface area contributed by atoms with Crippen LogP contribution >= 0.6 is 30.7 Å². The van der Waals surface area contributed by atoms with Crippen molar-refractivity contribution in [1.29, 1.82) is 0 Å². The number of ether oxygens (including phenoxy) is 1. The maximum absolute atomic E-state index is 13.9. The quantitative estimate of drug-likeness (QED) is 0.0370. The summed E-state index contributed by atoms with van der Waals surface area (Å²) in [5.74, 6) is 0.476. The summed E-state index contributed by atoms with van der Waals surface area (Å²) in [5.41, 5.74) is 15.8. The summed E-state index contributed by atoms with van der Waals surface area (Å²) in [5, 5.41) is 13.9. The van der Waals surface area contributed by atoms with Crippen molar-refractivity contribution in [2.24, 2.45) is 11.7 Å². The second-order valence-electron chi connectivity index (χ2n) is 12.7. The zero-order valence-corrected chi connectivity index (χ0v) is 36.7. The van der Waals surface area contributed by atoms with Crippen LogP contribution in [0, 0.1) is 60.1 Å². The number of hydrogen-bond acceptors (Lipinski definition) is 9. The van der Waals surface area contributed by atoms with Gasteiger partial charge in [-0.2, -0.15) is 0 Å². The summed E-state index contributed by atoms with van der Waals surface area (Å²) in [7, 11) is -2.28. The molecule has 1 radical (unpaired) electrons. The number of nitrogens with two attached hydrogens (primary N) is 1. The molecule has 0 saturated heterocycles. The van der Waals surface area contributed by atoms with Crippen LogP contribution in [-0.2, 0) is 26.9 Å². The third-order valence-electron chi connectivity index (χ3n) is 8.71. The summed E-state index contributed by atoms with van der Waals surface area (Å²) in [6.07, 6.45) is 7.29. The summed E-state index contributed by atoms with van der Waals surface area (Å²) < 4.78 is 33.1. The molecule has 1 fully saturated rings. The number of amides is 2. The molecule has 2 aromatic carbocycles. The van der Waals surface area contributed by atoms with Crippen molar-refractivity contribution in [3.05, 3.63) is 92.0 Å². The average Bonchev–Trinajstić information content (AvgIpc) is 3.61. The minimum absolute atomic E-state index is 0. The fraction of sp³-hybridized carbons (Fsp3) is 0.486. The fourth-order valence-corrected chi connectivity index (χ4v) is 8.16. The molecular weight excluding hydrogens is 944 g/mol. The van der Waals surface area contributed by atoms with E-state index in [-0.39, 0.29) is 73.4 Å². The van der Waals surface area contributed by atoms with Gasteiger partial charge in [-0.25, -0.2) is 9.24 Å². The van der Waals surface area contributed by atoms with Gasteiger partial charge in [0.05, 0.1) is 29.7 Å². The van der Waals surface area contributed by atoms with Gasteiger partial charge >= 0.3 is 12.7 Å². The van der Waals surface area contributed by atoms with E-state index in [9.17, 15) is 24.3 Å². The third-order valence-corrected chi connectivity index (χ3v) is 11.9. The van der Waals surface area contributed by atoms with Crippen molar-refractivity contribution in [1.82, 2.24) is 9.99 Å². The number of nitro groups is 1. The number of primary amides is 1. The van der Waals surface area contributed by atoms with Gasteiger partial charge in [-0.05, 0) is 93.5 Å². The van der Waals surface area contributed by atoms with Crippen LogP contribution < -0.4 is 20.3 Å². The van der Waals surface area contributed by atoms with E-state index in [1.165, 1.54) is 30.0 Å². The van der Waals surface area contributed by atoms with Gasteiger partial charge in [-0.1, -0.05) is 54.8 Å². The molecule has 3 aromatic rings. The summed E-state index contributed by atoms with van der Waals surface area (Å²) >= 11 is 6.74. The Balaban J connectivity index is 0.00000729. The maximum Gasteiger partial charge on any atom is 0.461 e. The first kappa shape index (κ1) is 44.3. The number of unbranched alkanes of at least 4 members (excludes halogenated alkanes) is 1. The number of nitrogens with zero attached hydrogens (tertiary/aromatic N) is 2. The van der Waals surface area contributed by atoms with Crippen molar-refractivity contribution in [3.8, 4) is 11.5 Å². The minimum atomic E-state index is -3.89. The van der Waals surface area contributed by atoms with E-state index >= 15 is 0 Å². The molecule has 0 bridgehead atoms. The number of hydrogen-bond donors (Lipinski definition) is 2. The van der Waals surface area contributed by atoms with Crippen LogP contribution in [0.25, 0.3) is 5.73 Å². The van der Waals surface area contributed by atoms with Crippen LogP contribution in [0.2, 0.25) is 0 Å². The molecule has 3 atom stereocenters. The first-order valence-electron chi connectivity index (χ1n) is 17.0. The fourth-order valence-electron chi connectivity index (χ4n) is 5.68. The van der Waals surface area contributed by atoms with Crippen LogP contribution in [-0.4, -0.2) is 53.5 Å². The molecule has 0 aliphatic heterocycles. The Hall–Kier alpha value is -2.08. The molecule has 1 aliphatic carbocycles. The molecule has 17 heteroatoms. The van der Waals surface area contributed by atoms with E-state index in [0.29, 0.717) is 59.5 Å². The molecule has 0 spiro atoms. The topological polar surface area (TPSA) is 187 Å². The van der Waals surface area contributed by atoms with Gasteiger partial charge < -0.3 is 26.0 Å². The van der Waals surface area contributed by atoms with Gasteiger partial charge in [0.25, 0.3) is 5.91 Å². The SMILES string of the molecule is CC(NC(=O)C([NH-])Cc1ccc(OP(=O)(OCc2ccc([N+](=O)[O-])s2)N(C)CCCCCl)cc1)c1ccc(OCC2CCCCC2)c(C(N)=O)c1.[Ac]. The van der Waals surface area contributed by atoms with E-state index in [4.69, 9.17) is 36.9 Å². The molecule has 52 heavy (non-hydrogen) atoms. The average molecular weight is 990 g/mol. The van der Waals surface area contributed by atoms with E-state index in [1.807, 2.05) is 0 Å². The predicted octanol–water partition coefficient (Wildman–Crippen LogP) is 8.21. The molecule has 281 valence electrons. The Morgan fingerprint density at radius 1 is 1.13 bits per heavy atom. The zero-order chi connectivity index (χ0) is 37.0. The maximum atomic E-state index is 13.9. The third kappa shape index (κ3) is 13.3. The molecule has 4 N–H and O–H groups in total. The van der Waals surface area contributed by atoms with Crippen molar-refractivity contribution in [2.75, 3.05) is 26.1 Å². The Kier molecular flexibility index (Phi) is 18.5. The van der Waals surface area contributed by atoms with Gasteiger partial charge in [0.15, 0.2) is 0 Å². The number of carbonyl (C=O) groups is 2. The summed E-state index contributed by atoms with van der Waals surface area (Å²) in [4.78, 5) is 36.4. The standard InChI is InChI=1S/C35H46ClN5O8PS.Ac/c1-24(27-12-16-32(30(21-27)34(38)42)47-22-26-8-4-3-5-9-26)39-35(43)31(37)20-25-10-13-28(14-11-25)49-50(46,40(2)19-7-6-18-36)48-23-29-15-17-33(51-29)41(44)45;/h10-17,21,24,26,31,37H,3-9,18-20,22-23H2,1-2H3,(H2,38,42)(H,39,43);/q-1;. The number of carbonyl (C=O) groups excluding carboxylic acids is 2. The van der Waals surface area contributed by atoms with Crippen LogP contribution in [0.1, 0.15) is 84.3 Å². The Morgan fingerprint density at radius 2 is 1.85 bits per heavy atom. The minimum Gasteiger partial charge on any atom is -0.667 e. The van der Waals surface area contributed by atoms with Gasteiger partial charge in [0.1, 0.15) is 11.5 Å². The predicted molar refractivity (Wildman–Crippen MR) is 198 cm³/mol. The number of alkyl halides is 1. The second kappa shape index (κ2) is 21.7. The largest absolute Gasteiger partial charge is 0.667 e. The molecule has 1 aromatic heterocycles. The van der Waals surface area contributed by atoms with Gasteiger partial charge in [0, 0.05) is 67.4 Å². The molecule has 13 nitrogen and oxygen atoms in total. The van der Waals surface area contributed by atoms with E-state index in [2.05, 4.69) is 5.32 Å². The van der Waals surface area contributed by atoms with Crippen molar-refractivity contribution >= 4 is 47.5 Å². The van der Waals surface area contributed by atoms with E-state index < -0.39 is 36.6 Å². The van der Waals surface area contributed by atoms with Crippen LogP contribution in [0.15, 0.2) is 54.6 Å². The first-order chi connectivity index (χ1) is 24.4. The number of thiophene rings is 1. The van der Waals surface area contributed by atoms with Gasteiger partial charge in [-0.3, -0.25) is 24.2 Å². The number of halogens is 1. The van der Waals surface area contributed by atoms with Gasteiger partial charge in [-0.15, -0.1) is 11.6 Å². The zero-order valence-electron chi connectivity index (χ0n) is 29.5. The van der Waals surface area contributed by atoms with E-state index in [0.717, 1.165) is 24.2 Å². The monoisotopic (exact) mass is 989 g/mol. The van der Waals surface area contributed by atoms with Crippen molar-refractivity contribution < 1.29 is 76.9 Å². The number of rotatable bonds is 20. The Bertz CT molecular complexity index is 1680. The molecule has 1 saturated carbocycles. The molecule has 1 heterocycles. The first-order valence-corrected chi connectivity index (χ1v) is 19.8. The van der Waals surface area contributed by atoms with Crippen molar-refractivity contribution in [2.45, 2.75) is 77.0 Å². The summed E-state index contributed by atoms with van der Waals surface area (Å²) in [6.45, 7) is 2.53. The molecular formula is C35H46AcClN5O8PS-. The number of nitrogens with one attached hydrogen (secondary N) is 2. The number of benzene rings is 2. The van der Waals surface area contributed by atoms with Crippen LogP contribution in [0.5, 0.6) is 11.5 Å². The van der Waals surface area contributed by atoms with Crippen molar-refractivity contribution in [3.63, 3.8) is 0 Å². The second-order valence-corrected chi connectivity index (χ2v) is 16.3. The molecule has 1 aliphatic rings. The summed E-state index contributed by atoms with van der Waals surface area (Å²) in [6, 6.07) is 12.9. The van der Waals surface area contributed by atoms with Gasteiger partial charge in [0.2, 0.25) is 5.91 Å². The van der Waals surface area contributed by atoms with Crippen LogP contribution in [0.3, 0.4) is 0 Å². The normalized spacial score (nSPS) is 15.6. The molecule has 2 amide bonds.